The molecule has 0 unspecified atom stereocenters. The molecule has 0 fully saturated rings. The normalized spacial score (nSPS) is 12.1. The van der Waals surface area contributed by atoms with Crippen LogP contribution in [0.2, 0.25) is 0 Å². The Morgan fingerprint density at radius 3 is 2.05 bits per heavy atom. The van der Waals surface area contributed by atoms with Gasteiger partial charge in [-0.25, -0.2) is 4.79 Å². The van der Waals surface area contributed by atoms with Crippen LogP contribution < -0.4 is 0 Å². The van der Waals surface area contributed by atoms with Crippen LogP contribution >= 0.6 is 0 Å². The summed E-state index contributed by atoms with van der Waals surface area (Å²) in [4.78, 5) is 11.8. The molecule has 1 aromatic heterocycles. The maximum atomic E-state index is 11.8. The van der Waals surface area contributed by atoms with Gasteiger partial charge in [-0.1, -0.05) is 27.7 Å². The second-order valence-electron chi connectivity index (χ2n) is 7.04. The van der Waals surface area contributed by atoms with Gasteiger partial charge in [0.1, 0.15) is 0 Å². The molecule has 0 amide bonds. The zero-order valence-corrected chi connectivity index (χ0v) is 14.7. The van der Waals surface area contributed by atoms with Gasteiger partial charge in [-0.15, -0.1) is 0 Å². The zero-order chi connectivity index (χ0) is 16.8. The molecule has 3 heteroatoms. The molecule has 0 aliphatic rings. The highest BCUT2D eigenvalue weighted by Gasteiger charge is 2.24. The molecule has 1 heterocycles. The zero-order valence-electron chi connectivity index (χ0n) is 14.7. The van der Waals surface area contributed by atoms with Crippen molar-refractivity contribution in [2.75, 3.05) is 0 Å². The van der Waals surface area contributed by atoms with Crippen LogP contribution in [0.15, 0.2) is 12.1 Å². The predicted octanol–water partition coefficient (Wildman–Crippen LogP) is 5.48. The van der Waals surface area contributed by atoms with Crippen molar-refractivity contribution < 1.29 is 9.90 Å². The molecule has 0 saturated carbocycles. The van der Waals surface area contributed by atoms with Crippen molar-refractivity contribution in [1.29, 1.82) is 0 Å². The molecule has 22 heavy (non-hydrogen) atoms. The van der Waals surface area contributed by atoms with Crippen LogP contribution in [0.3, 0.4) is 0 Å². The number of hydrogen-bond acceptors (Lipinski definition) is 1. The van der Waals surface area contributed by atoms with Gasteiger partial charge in [0.05, 0.1) is 11.1 Å². The Morgan fingerprint density at radius 2 is 1.64 bits per heavy atom. The number of carbonyl (C=O) groups is 1. The summed E-state index contributed by atoms with van der Waals surface area (Å²) in [5.41, 5.74) is 4.84. The minimum atomic E-state index is -0.845. The van der Waals surface area contributed by atoms with Crippen molar-refractivity contribution in [3.8, 4) is 0 Å². The lowest BCUT2D eigenvalue weighted by atomic mass is 9.93. The van der Waals surface area contributed by atoms with Crippen LogP contribution in [0, 0.1) is 6.92 Å². The highest BCUT2D eigenvalue weighted by atomic mass is 16.4. The van der Waals surface area contributed by atoms with Gasteiger partial charge >= 0.3 is 5.97 Å². The molecule has 0 aliphatic heterocycles. The third-order valence-corrected chi connectivity index (χ3v) is 4.41. The van der Waals surface area contributed by atoms with E-state index in [1.54, 1.807) is 0 Å². The number of carboxylic acids is 1. The number of hydrogen-bond donors (Lipinski definition) is 1. The van der Waals surface area contributed by atoms with Crippen molar-refractivity contribution in [3.63, 3.8) is 0 Å². The highest BCUT2D eigenvalue weighted by molar-refractivity contribution is 6.04. The number of aromatic nitrogens is 1. The minimum Gasteiger partial charge on any atom is -0.478 e. The summed E-state index contributed by atoms with van der Waals surface area (Å²) in [5, 5.41) is 10.8. The first-order valence-corrected chi connectivity index (χ1v) is 8.08. The molecular formula is C19H27NO2. The van der Waals surface area contributed by atoms with E-state index in [0.717, 1.165) is 16.5 Å². The van der Waals surface area contributed by atoms with Crippen molar-refractivity contribution >= 4 is 16.9 Å². The number of nitrogens with zero attached hydrogens (tertiary/aromatic N) is 1. The second kappa shape index (κ2) is 5.79. The molecule has 1 N–H and O–H groups in total. The Kier molecular flexibility index (Phi) is 4.37. The Balaban J connectivity index is 3.04. The Labute approximate surface area is 133 Å². The van der Waals surface area contributed by atoms with Gasteiger partial charge in [-0.05, 0) is 55.9 Å². The molecule has 1 aromatic carbocycles. The summed E-state index contributed by atoms with van der Waals surface area (Å²) in [5.74, 6) is -0.168. The van der Waals surface area contributed by atoms with E-state index in [1.807, 2.05) is 6.07 Å². The third kappa shape index (κ3) is 2.53. The number of benzene rings is 1. The molecule has 120 valence electrons. The first-order chi connectivity index (χ1) is 10.2. The van der Waals surface area contributed by atoms with Crippen molar-refractivity contribution in [2.45, 2.75) is 66.3 Å². The molecule has 0 saturated heterocycles. The molecule has 0 radical (unpaired) electrons. The quantitative estimate of drug-likeness (QED) is 0.813. The summed E-state index contributed by atoms with van der Waals surface area (Å²) in [6.45, 7) is 14.9. The van der Waals surface area contributed by atoms with E-state index in [0.29, 0.717) is 17.4 Å². The van der Waals surface area contributed by atoms with E-state index in [4.69, 9.17) is 0 Å². The highest BCUT2D eigenvalue weighted by Crippen LogP contribution is 2.37. The fourth-order valence-corrected chi connectivity index (χ4v) is 3.48. The largest absolute Gasteiger partial charge is 0.478 e. The Morgan fingerprint density at radius 1 is 1.05 bits per heavy atom. The molecule has 0 bridgehead atoms. The van der Waals surface area contributed by atoms with Gasteiger partial charge in [0.25, 0.3) is 0 Å². The van der Waals surface area contributed by atoms with E-state index in [1.165, 1.54) is 11.3 Å². The van der Waals surface area contributed by atoms with Crippen LogP contribution in [0.25, 0.3) is 10.9 Å². The summed E-state index contributed by atoms with van der Waals surface area (Å²) in [6, 6.07) is 4.27. The predicted molar refractivity (Wildman–Crippen MR) is 92.2 cm³/mol. The van der Waals surface area contributed by atoms with Crippen molar-refractivity contribution in [1.82, 2.24) is 4.57 Å². The van der Waals surface area contributed by atoms with Crippen LogP contribution in [0.4, 0.5) is 0 Å². The fraction of sp³-hybridized carbons (Fsp3) is 0.526. The number of rotatable bonds is 4. The fourth-order valence-electron chi connectivity index (χ4n) is 3.48. The van der Waals surface area contributed by atoms with E-state index in [-0.39, 0.29) is 6.04 Å². The lowest BCUT2D eigenvalue weighted by molar-refractivity contribution is 0.0698. The smallest absolute Gasteiger partial charge is 0.337 e. The van der Waals surface area contributed by atoms with Gasteiger partial charge in [-0.2, -0.15) is 0 Å². The maximum absolute atomic E-state index is 11.8. The van der Waals surface area contributed by atoms with Gasteiger partial charge in [0.15, 0.2) is 0 Å². The lowest BCUT2D eigenvalue weighted by Gasteiger charge is -2.15. The Hall–Kier alpha value is -1.77. The van der Waals surface area contributed by atoms with E-state index in [2.05, 4.69) is 59.1 Å². The third-order valence-electron chi connectivity index (χ3n) is 4.41. The summed E-state index contributed by atoms with van der Waals surface area (Å²) >= 11 is 0. The van der Waals surface area contributed by atoms with Crippen molar-refractivity contribution in [3.05, 3.63) is 34.5 Å². The average Bonchev–Trinajstić information content (AvgIpc) is 2.68. The van der Waals surface area contributed by atoms with E-state index in [9.17, 15) is 9.90 Å². The summed E-state index contributed by atoms with van der Waals surface area (Å²) in [7, 11) is 0. The number of carboxylic acid groups (broad SMARTS) is 1. The summed E-state index contributed by atoms with van der Waals surface area (Å²) < 4.78 is 2.18. The van der Waals surface area contributed by atoms with Crippen LogP contribution in [-0.2, 0) is 0 Å². The minimum absolute atomic E-state index is 0.234. The SMILES string of the molecule is Cc1c(C(C)C)c2cc(C(C)C)cc(C(=O)O)c2n1C(C)C. The molecule has 0 atom stereocenters. The molecule has 3 nitrogen and oxygen atoms in total. The molecule has 0 aliphatic carbocycles. The monoisotopic (exact) mass is 301 g/mol. The maximum Gasteiger partial charge on any atom is 0.337 e. The first-order valence-electron chi connectivity index (χ1n) is 8.08. The van der Waals surface area contributed by atoms with Crippen LogP contribution in [0.1, 0.15) is 86.6 Å². The summed E-state index contributed by atoms with van der Waals surface area (Å²) in [6.07, 6.45) is 0. The van der Waals surface area contributed by atoms with Gasteiger partial charge < -0.3 is 9.67 Å². The van der Waals surface area contributed by atoms with Gasteiger partial charge in [0, 0.05) is 17.1 Å². The van der Waals surface area contributed by atoms with Crippen LogP contribution in [0.5, 0.6) is 0 Å². The van der Waals surface area contributed by atoms with Gasteiger partial charge in [0.2, 0.25) is 0 Å². The average molecular weight is 301 g/mol. The van der Waals surface area contributed by atoms with E-state index >= 15 is 0 Å². The molecule has 2 rings (SSSR count). The molecule has 0 spiro atoms. The number of fused-ring (bicyclic) bond motifs is 1. The standard InChI is InChI=1S/C19H27NO2/c1-10(2)14-8-15-17(11(3)4)13(7)20(12(5)6)18(15)16(9-14)19(21)22/h8-12H,1-7H3,(H,21,22). The molecular weight excluding hydrogens is 274 g/mol. The van der Waals surface area contributed by atoms with Crippen molar-refractivity contribution in [2.24, 2.45) is 0 Å². The molecule has 2 aromatic rings. The topological polar surface area (TPSA) is 42.2 Å². The number of aromatic carboxylic acids is 1. The van der Waals surface area contributed by atoms with Gasteiger partial charge in [-0.3, -0.25) is 0 Å². The van der Waals surface area contributed by atoms with Crippen LogP contribution in [-0.4, -0.2) is 15.6 Å². The first kappa shape index (κ1) is 16.6. The second-order valence-corrected chi connectivity index (χ2v) is 7.04. The lowest BCUT2D eigenvalue weighted by Crippen LogP contribution is -2.08. The Bertz CT molecular complexity index is 721. The van der Waals surface area contributed by atoms with E-state index < -0.39 is 5.97 Å².